The Morgan fingerprint density at radius 3 is 2.30 bits per heavy atom. The number of benzene rings is 1. The Labute approximate surface area is 126 Å². The molecule has 108 valence electrons. The molecule has 2 rings (SSSR count). The Bertz CT molecular complexity index is 563. The Kier molecular flexibility index (Phi) is 4.66. The smallest absolute Gasteiger partial charge is 0.0346 e. The van der Waals surface area contributed by atoms with Gasteiger partial charge in [-0.2, -0.15) is 0 Å². The van der Waals surface area contributed by atoms with E-state index >= 15 is 0 Å². The summed E-state index contributed by atoms with van der Waals surface area (Å²) in [6, 6.07) is 13.1. The van der Waals surface area contributed by atoms with E-state index < -0.39 is 0 Å². The first kappa shape index (κ1) is 15.3. The van der Waals surface area contributed by atoms with E-state index in [-0.39, 0.29) is 11.5 Å². The van der Waals surface area contributed by atoms with E-state index in [1.54, 1.807) is 0 Å². The predicted molar refractivity (Wildman–Crippen MR) is 89.5 cm³/mol. The second kappa shape index (κ2) is 6.11. The van der Waals surface area contributed by atoms with E-state index in [1.807, 2.05) is 11.3 Å². The summed E-state index contributed by atoms with van der Waals surface area (Å²) >= 11 is 1.89. The largest absolute Gasteiger partial charge is 0.324 e. The zero-order chi connectivity index (χ0) is 14.8. The van der Waals surface area contributed by atoms with Gasteiger partial charge in [-0.3, -0.25) is 0 Å². The molecule has 2 heteroatoms. The highest BCUT2D eigenvalue weighted by Crippen LogP contribution is 2.31. The van der Waals surface area contributed by atoms with Crippen molar-refractivity contribution in [3.8, 4) is 0 Å². The maximum absolute atomic E-state index is 6.48. The molecule has 1 heterocycles. The Morgan fingerprint density at radius 1 is 1.05 bits per heavy atom. The lowest BCUT2D eigenvalue weighted by molar-refractivity contribution is 0.569. The fourth-order valence-corrected chi connectivity index (χ4v) is 3.57. The maximum Gasteiger partial charge on any atom is 0.0346 e. The number of hydrogen-bond acceptors (Lipinski definition) is 2. The van der Waals surface area contributed by atoms with Crippen LogP contribution in [0.1, 0.15) is 54.6 Å². The number of thiophene rings is 1. The van der Waals surface area contributed by atoms with Crippen LogP contribution < -0.4 is 5.73 Å². The quantitative estimate of drug-likeness (QED) is 0.854. The zero-order valence-corrected chi connectivity index (χ0v) is 13.8. The van der Waals surface area contributed by atoms with Crippen LogP contribution >= 0.6 is 11.3 Å². The molecule has 0 amide bonds. The third kappa shape index (κ3) is 3.50. The molecule has 1 nitrogen and oxygen atoms in total. The monoisotopic (exact) mass is 287 g/mol. The van der Waals surface area contributed by atoms with Gasteiger partial charge in [0.15, 0.2) is 0 Å². The molecule has 0 bridgehead atoms. The average Bonchev–Trinajstić information content (AvgIpc) is 2.85. The molecule has 1 aromatic heterocycles. The highest BCUT2D eigenvalue weighted by Gasteiger charge is 2.21. The molecule has 1 aromatic carbocycles. The fourth-order valence-electron chi connectivity index (χ4n) is 2.55. The molecular weight excluding hydrogens is 262 g/mol. The van der Waals surface area contributed by atoms with Crippen molar-refractivity contribution in [2.45, 2.75) is 52.0 Å². The van der Waals surface area contributed by atoms with Crippen molar-refractivity contribution >= 4 is 11.3 Å². The van der Waals surface area contributed by atoms with Gasteiger partial charge in [0.1, 0.15) is 0 Å². The summed E-state index contributed by atoms with van der Waals surface area (Å²) < 4.78 is 0. The van der Waals surface area contributed by atoms with Crippen molar-refractivity contribution in [1.82, 2.24) is 0 Å². The summed E-state index contributed by atoms with van der Waals surface area (Å²) in [5.41, 5.74) is 9.26. The van der Waals surface area contributed by atoms with Gasteiger partial charge >= 0.3 is 0 Å². The molecular formula is C18H25NS. The van der Waals surface area contributed by atoms with E-state index in [0.717, 1.165) is 12.8 Å². The van der Waals surface area contributed by atoms with Crippen LogP contribution in [-0.4, -0.2) is 0 Å². The minimum Gasteiger partial charge on any atom is -0.324 e. The Balaban J connectivity index is 2.23. The van der Waals surface area contributed by atoms with Crippen LogP contribution in [0.15, 0.2) is 36.4 Å². The van der Waals surface area contributed by atoms with Crippen molar-refractivity contribution in [2.24, 2.45) is 5.73 Å². The lowest BCUT2D eigenvalue weighted by Gasteiger charge is -2.25. The molecule has 0 aliphatic carbocycles. The topological polar surface area (TPSA) is 26.0 Å². The molecule has 20 heavy (non-hydrogen) atoms. The summed E-state index contributed by atoms with van der Waals surface area (Å²) in [5.74, 6) is 0. The summed E-state index contributed by atoms with van der Waals surface area (Å²) in [6.07, 6.45) is 2.04. The lowest BCUT2D eigenvalue weighted by atomic mass is 9.81. The van der Waals surface area contributed by atoms with Gasteiger partial charge in [0.2, 0.25) is 0 Å². The maximum atomic E-state index is 6.48. The van der Waals surface area contributed by atoms with E-state index in [9.17, 15) is 0 Å². The second-order valence-corrected chi connectivity index (χ2v) is 7.62. The van der Waals surface area contributed by atoms with E-state index in [1.165, 1.54) is 20.9 Å². The number of rotatable bonds is 4. The summed E-state index contributed by atoms with van der Waals surface area (Å²) in [6.45, 7) is 8.95. The minimum atomic E-state index is 0.0776. The molecule has 2 aromatic rings. The zero-order valence-electron chi connectivity index (χ0n) is 12.9. The second-order valence-electron chi connectivity index (χ2n) is 6.37. The number of nitrogens with two attached hydrogens (primary N) is 1. The molecule has 1 unspecified atom stereocenters. The lowest BCUT2D eigenvalue weighted by Crippen LogP contribution is -2.21. The summed E-state index contributed by atoms with van der Waals surface area (Å²) in [5, 5.41) is 0. The van der Waals surface area contributed by atoms with Crippen LogP contribution in [0.5, 0.6) is 0 Å². The third-order valence-corrected chi connectivity index (χ3v) is 4.91. The van der Waals surface area contributed by atoms with Gasteiger partial charge < -0.3 is 5.73 Å². The molecule has 0 spiro atoms. The molecule has 0 fully saturated rings. The van der Waals surface area contributed by atoms with Crippen LogP contribution in [0.25, 0.3) is 0 Å². The SMILES string of the molecule is CCc1ccc(CC(N)c2ccccc2C(C)(C)C)s1. The van der Waals surface area contributed by atoms with Crippen LogP contribution in [0.4, 0.5) is 0 Å². The first-order valence-electron chi connectivity index (χ1n) is 7.34. The van der Waals surface area contributed by atoms with Gasteiger partial charge in [-0.05, 0) is 35.1 Å². The number of hydrogen-bond donors (Lipinski definition) is 1. The molecule has 0 aliphatic rings. The van der Waals surface area contributed by atoms with Gasteiger partial charge in [-0.1, -0.05) is 52.0 Å². The van der Waals surface area contributed by atoms with E-state index in [2.05, 4.69) is 64.1 Å². The molecule has 0 saturated heterocycles. The first-order valence-corrected chi connectivity index (χ1v) is 8.16. The normalized spacial score (nSPS) is 13.4. The standard InChI is InChI=1S/C18H25NS/c1-5-13-10-11-14(20-13)12-17(19)15-8-6-7-9-16(15)18(2,3)4/h6-11,17H,5,12,19H2,1-4H3. The van der Waals surface area contributed by atoms with Gasteiger partial charge in [0, 0.05) is 22.2 Å². The summed E-state index contributed by atoms with van der Waals surface area (Å²) in [4.78, 5) is 2.83. The van der Waals surface area contributed by atoms with E-state index in [0.29, 0.717) is 0 Å². The van der Waals surface area contributed by atoms with Crippen LogP contribution in [0.3, 0.4) is 0 Å². The predicted octanol–water partition coefficient (Wildman–Crippen LogP) is 4.85. The van der Waals surface area contributed by atoms with Crippen molar-refractivity contribution in [2.75, 3.05) is 0 Å². The van der Waals surface area contributed by atoms with Crippen LogP contribution in [0.2, 0.25) is 0 Å². The van der Waals surface area contributed by atoms with Crippen molar-refractivity contribution in [3.05, 3.63) is 57.3 Å². The molecule has 0 radical (unpaired) electrons. The van der Waals surface area contributed by atoms with Gasteiger partial charge in [-0.25, -0.2) is 0 Å². The highest BCUT2D eigenvalue weighted by molar-refractivity contribution is 7.11. The van der Waals surface area contributed by atoms with Gasteiger partial charge in [0.05, 0.1) is 0 Å². The number of aryl methyl sites for hydroxylation is 1. The van der Waals surface area contributed by atoms with Crippen LogP contribution in [0, 0.1) is 0 Å². The summed E-state index contributed by atoms with van der Waals surface area (Å²) in [7, 11) is 0. The average molecular weight is 287 g/mol. The Hall–Kier alpha value is -1.12. The van der Waals surface area contributed by atoms with Crippen molar-refractivity contribution < 1.29 is 0 Å². The fraction of sp³-hybridized carbons (Fsp3) is 0.444. The molecule has 2 N–H and O–H groups in total. The van der Waals surface area contributed by atoms with E-state index in [4.69, 9.17) is 5.73 Å². The Morgan fingerprint density at radius 2 is 1.70 bits per heavy atom. The van der Waals surface area contributed by atoms with Crippen molar-refractivity contribution in [3.63, 3.8) is 0 Å². The van der Waals surface area contributed by atoms with Gasteiger partial charge in [-0.15, -0.1) is 11.3 Å². The molecule has 0 saturated carbocycles. The first-order chi connectivity index (χ1) is 9.41. The molecule has 0 aliphatic heterocycles. The van der Waals surface area contributed by atoms with Gasteiger partial charge in [0.25, 0.3) is 0 Å². The van der Waals surface area contributed by atoms with Crippen LogP contribution in [-0.2, 0) is 18.3 Å². The van der Waals surface area contributed by atoms with Crippen molar-refractivity contribution in [1.29, 1.82) is 0 Å². The highest BCUT2D eigenvalue weighted by atomic mass is 32.1. The molecule has 1 atom stereocenters. The minimum absolute atomic E-state index is 0.0776. The third-order valence-electron chi connectivity index (χ3n) is 3.66.